The molecule has 1 aliphatic heterocycles. The van der Waals surface area contributed by atoms with Crippen molar-refractivity contribution in [2.75, 3.05) is 45.4 Å². The van der Waals surface area contributed by atoms with Crippen LogP contribution < -0.4 is 18.9 Å². The van der Waals surface area contributed by atoms with Gasteiger partial charge in [-0.2, -0.15) is 0 Å². The van der Waals surface area contributed by atoms with Crippen molar-refractivity contribution in [3.05, 3.63) is 77.9 Å². The van der Waals surface area contributed by atoms with Crippen LogP contribution in [0.2, 0.25) is 0 Å². The molecule has 1 heterocycles. The number of esters is 1. The Labute approximate surface area is 251 Å². The summed E-state index contributed by atoms with van der Waals surface area (Å²) in [5.41, 5.74) is 3.50. The number of hydrogen-bond acceptors (Lipinski definition) is 8. The predicted octanol–water partition coefficient (Wildman–Crippen LogP) is 5.77. The van der Waals surface area contributed by atoms with Crippen molar-refractivity contribution in [2.24, 2.45) is 0 Å². The van der Waals surface area contributed by atoms with Crippen LogP contribution in [0.15, 0.2) is 71.6 Å². The van der Waals surface area contributed by atoms with Gasteiger partial charge in [0.25, 0.3) is 10.0 Å². The molecular formula is C33H35NO8S. The van der Waals surface area contributed by atoms with Gasteiger partial charge in [0.15, 0.2) is 11.5 Å². The lowest BCUT2D eigenvalue weighted by Gasteiger charge is -2.23. The van der Waals surface area contributed by atoms with Gasteiger partial charge in [-0.3, -0.25) is 9.52 Å². The van der Waals surface area contributed by atoms with Gasteiger partial charge in [0, 0.05) is 29.4 Å². The van der Waals surface area contributed by atoms with Crippen LogP contribution in [0.1, 0.15) is 24.5 Å². The molecule has 5 rings (SSSR count). The van der Waals surface area contributed by atoms with Crippen molar-refractivity contribution < 1.29 is 36.9 Å². The lowest BCUT2D eigenvalue weighted by molar-refractivity contribution is -0.143. The number of ether oxygens (including phenoxy) is 5. The average molecular weight is 606 g/mol. The second-order valence-electron chi connectivity index (χ2n) is 9.92. The number of nitrogens with one attached hydrogen (secondary N) is 1. The van der Waals surface area contributed by atoms with E-state index in [4.69, 9.17) is 23.7 Å². The van der Waals surface area contributed by atoms with Crippen LogP contribution in [0.5, 0.6) is 17.2 Å². The third-order valence-electron chi connectivity index (χ3n) is 7.34. The number of rotatable bonds is 10. The molecule has 0 saturated heterocycles. The van der Waals surface area contributed by atoms with Gasteiger partial charge in [0.1, 0.15) is 12.4 Å². The average Bonchev–Trinajstić information content (AvgIpc) is 2.99. The fraction of sp³-hybridized carbons (Fsp3) is 0.303. The Balaban J connectivity index is 1.57. The van der Waals surface area contributed by atoms with Crippen LogP contribution in [0.3, 0.4) is 0 Å². The molecule has 9 nitrogen and oxygen atoms in total. The molecule has 0 amide bonds. The summed E-state index contributed by atoms with van der Waals surface area (Å²) in [5, 5.41) is 1.32. The molecule has 0 aliphatic carbocycles. The highest BCUT2D eigenvalue weighted by Gasteiger charge is 2.24. The number of anilines is 1. The van der Waals surface area contributed by atoms with Crippen molar-refractivity contribution in [2.45, 2.75) is 31.1 Å². The first-order valence-electron chi connectivity index (χ1n) is 14.1. The Morgan fingerprint density at radius 2 is 1.72 bits per heavy atom. The number of hydrogen-bond donors (Lipinski definition) is 1. The molecular weight excluding hydrogens is 570 g/mol. The van der Waals surface area contributed by atoms with Gasteiger partial charge in [-0.1, -0.05) is 36.4 Å². The van der Waals surface area contributed by atoms with E-state index >= 15 is 0 Å². The van der Waals surface area contributed by atoms with Crippen LogP contribution in [0, 0.1) is 0 Å². The summed E-state index contributed by atoms with van der Waals surface area (Å²) in [6.45, 7) is 3.40. The van der Waals surface area contributed by atoms with Gasteiger partial charge in [0.2, 0.25) is 0 Å². The Bertz CT molecular complexity index is 1730. The third kappa shape index (κ3) is 6.55. The summed E-state index contributed by atoms with van der Waals surface area (Å²) < 4.78 is 58.8. The fourth-order valence-corrected chi connectivity index (χ4v) is 6.61. The first-order chi connectivity index (χ1) is 20.9. The summed E-state index contributed by atoms with van der Waals surface area (Å²) in [4.78, 5) is 12.1. The summed E-state index contributed by atoms with van der Waals surface area (Å²) in [6, 6.07) is 19.6. The Kier molecular flexibility index (Phi) is 9.37. The normalized spacial score (nSPS) is 13.3. The lowest BCUT2D eigenvalue weighted by atomic mass is 9.95. The number of carbonyl (C=O) groups is 1. The van der Waals surface area contributed by atoms with E-state index in [1.54, 1.807) is 63.6 Å². The monoisotopic (exact) mass is 605 g/mol. The van der Waals surface area contributed by atoms with Crippen molar-refractivity contribution in [3.63, 3.8) is 0 Å². The molecule has 226 valence electrons. The molecule has 10 heteroatoms. The Hall–Kier alpha value is -4.28. The van der Waals surface area contributed by atoms with Gasteiger partial charge < -0.3 is 23.7 Å². The quantitative estimate of drug-likeness (QED) is 0.227. The van der Waals surface area contributed by atoms with Gasteiger partial charge in [-0.05, 0) is 60.2 Å². The van der Waals surface area contributed by atoms with E-state index in [1.807, 2.05) is 24.3 Å². The number of sulfonamides is 1. The minimum atomic E-state index is -4.06. The number of carbonyl (C=O) groups excluding carboxylic acids is 1. The second-order valence-corrected chi connectivity index (χ2v) is 11.6. The van der Waals surface area contributed by atoms with Gasteiger partial charge in [-0.25, -0.2) is 8.42 Å². The standard InChI is InChI=1S/C33H35NO8S/c1-4-41-32(35)16-10-22-9-15-31(26-8-6-5-7-24(22)26)43(36,37)34-29-13-11-23(38-2)21-28(29)25-12-14-30(39-3)33-27(25)17-18-40-19-20-42-33/h5-9,11-15,21,34H,4,10,16-20H2,1-3H3. The minimum Gasteiger partial charge on any atom is -0.497 e. The number of methoxy groups -OCH3 is 2. The molecule has 0 spiro atoms. The molecule has 0 bridgehead atoms. The van der Waals surface area contributed by atoms with E-state index < -0.39 is 10.0 Å². The first-order valence-corrected chi connectivity index (χ1v) is 15.6. The van der Waals surface area contributed by atoms with Gasteiger partial charge in [-0.15, -0.1) is 0 Å². The number of benzene rings is 4. The highest BCUT2D eigenvalue weighted by molar-refractivity contribution is 7.93. The van der Waals surface area contributed by atoms with Gasteiger partial charge in [0.05, 0.1) is 44.6 Å². The van der Waals surface area contributed by atoms with Crippen molar-refractivity contribution in [1.82, 2.24) is 0 Å². The number of fused-ring (bicyclic) bond motifs is 2. The summed E-state index contributed by atoms with van der Waals surface area (Å²) in [6.07, 6.45) is 1.19. The van der Waals surface area contributed by atoms with Crippen molar-refractivity contribution >= 4 is 32.5 Å². The predicted molar refractivity (Wildman–Crippen MR) is 165 cm³/mol. The van der Waals surface area contributed by atoms with E-state index in [1.165, 1.54) is 0 Å². The number of aryl methyl sites for hydroxylation is 1. The van der Waals surface area contributed by atoms with Crippen LogP contribution in [-0.4, -0.2) is 55.0 Å². The van der Waals surface area contributed by atoms with Crippen LogP contribution in [-0.2, 0) is 37.1 Å². The molecule has 0 aromatic heterocycles. The van der Waals surface area contributed by atoms with E-state index in [9.17, 15) is 13.2 Å². The van der Waals surface area contributed by atoms with Crippen molar-refractivity contribution in [1.29, 1.82) is 0 Å². The largest absolute Gasteiger partial charge is 0.497 e. The maximum atomic E-state index is 14.0. The van der Waals surface area contributed by atoms with Crippen molar-refractivity contribution in [3.8, 4) is 28.4 Å². The maximum absolute atomic E-state index is 14.0. The zero-order valence-electron chi connectivity index (χ0n) is 24.5. The highest BCUT2D eigenvalue weighted by Crippen LogP contribution is 2.43. The molecule has 43 heavy (non-hydrogen) atoms. The third-order valence-corrected chi connectivity index (χ3v) is 8.77. The van der Waals surface area contributed by atoms with E-state index in [0.29, 0.717) is 73.2 Å². The molecule has 4 aromatic carbocycles. The first kappa shape index (κ1) is 30.2. The molecule has 0 atom stereocenters. The lowest BCUT2D eigenvalue weighted by Crippen LogP contribution is -2.16. The zero-order chi connectivity index (χ0) is 30.4. The topological polar surface area (TPSA) is 109 Å². The summed E-state index contributed by atoms with van der Waals surface area (Å²) in [5.74, 6) is 1.49. The Morgan fingerprint density at radius 3 is 2.49 bits per heavy atom. The fourth-order valence-electron chi connectivity index (χ4n) is 5.32. The Morgan fingerprint density at radius 1 is 0.907 bits per heavy atom. The summed E-state index contributed by atoms with van der Waals surface area (Å²) in [7, 11) is -0.904. The van der Waals surface area contributed by atoms with E-state index in [2.05, 4.69) is 4.72 Å². The zero-order valence-corrected chi connectivity index (χ0v) is 25.3. The maximum Gasteiger partial charge on any atom is 0.306 e. The van der Waals surface area contributed by atoms with Crippen LogP contribution >= 0.6 is 0 Å². The molecule has 1 aliphatic rings. The van der Waals surface area contributed by atoms with Crippen LogP contribution in [0.4, 0.5) is 5.69 Å². The van der Waals surface area contributed by atoms with E-state index in [0.717, 1.165) is 22.1 Å². The molecule has 0 fully saturated rings. The molecule has 0 radical (unpaired) electrons. The highest BCUT2D eigenvalue weighted by atomic mass is 32.2. The molecule has 1 N–H and O–H groups in total. The smallest absolute Gasteiger partial charge is 0.306 e. The minimum absolute atomic E-state index is 0.131. The van der Waals surface area contributed by atoms with Gasteiger partial charge >= 0.3 is 5.97 Å². The molecule has 0 unspecified atom stereocenters. The molecule has 0 saturated carbocycles. The van der Waals surface area contributed by atoms with E-state index in [-0.39, 0.29) is 17.3 Å². The second kappa shape index (κ2) is 13.4. The SMILES string of the molecule is CCOC(=O)CCc1ccc(S(=O)(=O)Nc2ccc(OC)cc2-c2ccc(OC)c3c2CCOCCO3)c2ccccc12. The summed E-state index contributed by atoms with van der Waals surface area (Å²) >= 11 is 0. The molecule has 4 aromatic rings. The van der Waals surface area contributed by atoms with Crippen LogP contribution in [0.25, 0.3) is 21.9 Å².